The number of allylic oxidation sites excluding steroid dienone is 2. The van der Waals surface area contributed by atoms with Crippen molar-refractivity contribution in [2.75, 3.05) is 13.1 Å². The predicted octanol–water partition coefficient (Wildman–Crippen LogP) is 2.73. The third kappa shape index (κ3) is 15.2. The van der Waals surface area contributed by atoms with Crippen molar-refractivity contribution in [3.05, 3.63) is 24.3 Å². The maximum absolute atomic E-state index is 10.5. The smallest absolute Gasteiger partial charge is 0.303 e. The number of aliphatic hydroxyl groups is 3. The van der Waals surface area contributed by atoms with Crippen molar-refractivity contribution < 1.29 is 25.2 Å². The minimum absolute atomic E-state index is 0.0650. The average Bonchev–Trinajstić information content (AvgIpc) is 3.00. The van der Waals surface area contributed by atoms with E-state index in [1.807, 2.05) is 18.2 Å². The van der Waals surface area contributed by atoms with Crippen LogP contribution in [0.15, 0.2) is 24.3 Å². The van der Waals surface area contributed by atoms with Crippen LogP contribution in [-0.4, -0.2) is 57.8 Å². The molecule has 0 aromatic heterocycles. The quantitative estimate of drug-likeness (QED) is 0.169. The molecule has 1 fully saturated rings. The van der Waals surface area contributed by atoms with Crippen molar-refractivity contribution in [2.45, 2.75) is 95.9 Å². The highest BCUT2D eigenvalue weighted by Gasteiger charge is 2.39. The fourth-order valence-electron chi connectivity index (χ4n) is 3.69. The Kier molecular flexibility index (Phi) is 18.7. The first-order valence-electron chi connectivity index (χ1n) is 11.9. The van der Waals surface area contributed by atoms with Gasteiger partial charge < -0.3 is 31.9 Å². The Balaban J connectivity index is 0.00000131. The van der Waals surface area contributed by atoms with Crippen LogP contribution >= 0.6 is 0 Å². The number of carboxylic acids is 1. The van der Waals surface area contributed by atoms with Crippen LogP contribution in [0.25, 0.3) is 0 Å². The minimum atomic E-state index is -0.787. The van der Waals surface area contributed by atoms with E-state index in [0.29, 0.717) is 25.7 Å². The molecule has 0 aliphatic heterocycles. The largest absolute Gasteiger partial charge is 0.481 e. The zero-order valence-corrected chi connectivity index (χ0v) is 19.2. The van der Waals surface area contributed by atoms with Crippen LogP contribution < -0.4 is 11.5 Å². The Morgan fingerprint density at radius 3 is 2.29 bits per heavy atom. The number of rotatable bonds is 15. The molecule has 0 heterocycles. The SMILES string of the molecule is CCCCC[C@H](O)/C=C/[C@@H]1[C@@H](C/C=C\CCCC(=O)O)[C@@H](O)C[C@H]1O.NCCCCN. The maximum Gasteiger partial charge on any atom is 0.303 e. The highest BCUT2D eigenvalue weighted by molar-refractivity contribution is 5.66. The summed E-state index contributed by atoms with van der Waals surface area (Å²) in [6, 6.07) is 0. The second-order valence-electron chi connectivity index (χ2n) is 8.34. The fraction of sp³-hybridized carbons (Fsp3) is 0.792. The second kappa shape index (κ2) is 19.4. The van der Waals surface area contributed by atoms with Gasteiger partial charge in [-0.3, -0.25) is 4.79 Å². The van der Waals surface area contributed by atoms with Crippen LogP contribution in [0, 0.1) is 11.8 Å². The summed E-state index contributed by atoms with van der Waals surface area (Å²) < 4.78 is 0. The van der Waals surface area contributed by atoms with Gasteiger partial charge in [-0.25, -0.2) is 0 Å². The molecular formula is C24H46N2O5. The molecular weight excluding hydrogens is 396 g/mol. The zero-order chi connectivity index (χ0) is 23.5. The first kappa shape index (κ1) is 29.8. The van der Waals surface area contributed by atoms with Crippen molar-refractivity contribution in [3.8, 4) is 0 Å². The summed E-state index contributed by atoms with van der Waals surface area (Å²) in [6.45, 7) is 3.67. The molecule has 31 heavy (non-hydrogen) atoms. The van der Waals surface area contributed by atoms with E-state index >= 15 is 0 Å². The van der Waals surface area contributed by atoms with Crippen molar-refractivity contribution in [1.29, 1.82) is 0 Å². The van der Waals surface area contributed by atoms with Crippen molar-refractivity contribution in [1.82, 2.24) is 0 Å². The maximum atomic E-state index is 10.5. The third-order valence-electron chi connectivity index (χ3n) is 5.57. The molecule has 0 unspecified atom stereocenters. The summed E-state index contributed by atoms with van der Waals surface area (Å²) in [6.07, 6.45) is 14.4. The van der Waals surface area contributed by atoms with Gasteiger partial charge in [0, 0.05) is 18.8 Å². The molecule has 7 nitrogen and oxygen atoms in total. The first-order valence-corrected chi connectivity index (χ1v) is 11.9. The molecule has 182 valence electrons. The van der Waals surface area contributed by atoms with Gasteiger partial charge in [0.05, 0.1) is 18.3 Å². The first-order chi connectivity index (χ1) is 14.9. The molecule has 5 atom stereocenters. The Bertz CT molecular complexity index is 494. The fourth-order valence-corrected chi connectivity index (χ4v) is 3.69. The van der Waals surface area contributed by atoms with Crippen molar-refractivity contribution >= 4 is 5.97 Å². The Labute approximate surface area is 188 Å². The van der Waals surface area contributed by atoms with Crippen molar-refractivity contribution in [2.24, 2.45) is 23.3 Å². The average molecular weight is 443 g/mol. The molecule has 0 amide bonds. The second-order valence-corrected chi connectivity index (χ2v) is 8.34. The van der Waals surface area contributed by atoms with Gasteiger partial charge in [0.1, 0.15) is 0 Å². The molecule has 0 bridgehead atoms. The topological polar surface area (TPSA) is 150 Å². The number of aliphatic hydroxyl groups excluding tert-OH is 3. The van der Waals surface area contributed by atoms with Crippen LogP contribution in [0.3, 0.4) is 0 Å². The van der Waals surface area contributed by atoms with Crippen LogP contribution in [0.5, 0.6) is 0 Å². The van der Waals surface area contributed by atoms with Crippen LogP contribution in [-0.2, 0) is 4.79 Å². The Hall–Kier alpha value is -1.25. The van der Waals surface area contributed by atoms with E-state index in [1.165, 1.54) is 0 Å². The molecule has 1 rings (SSSR count). The van der Waals surface area contributed by atoms with Crippen LogP contribution in [0.1, 0.15) is 77.6 Å². The summed E-state index contributed by atoms with van der Waals surface area (Å²) in [5.74, 6) is -1.00. The van der Waals surface area contributed by atoms with Gasteiger partial charge in [0.25, 0.3) is 0 Å². The van der Waals surface area contributed by atoms with Crippen molar-refractivity contribution in [3.63, 3.8) is 0 Å². The summed E-state index contributed by atoms with van der Waals surface area (Å²) in [4.78, 5) is 10.5. The third-order valence-corrected chi connectivity index (χ3v) is 5.57. The lowest BCUT2D eigenvalue weighted by Crippen LogP contribution is -2.20. The van der Waals surface area contributed by atoms with E-state index in [4.69, 9.17) is 16.6 Å². The highest BCUT2D eigenvalue weighted by Crippen LogP contribution is 2.36. The van der Waals surface area contributed by atoms with Gasteiger partial charge in [-0.2, -0.15) is 0 Å². The molecule has 0 saturated heterocycles. The molecule has 0 aromatic carbocycles. The lowest BCUT2D eigenvalue weighted by molar-refractivity contribution is -0.137. The molecule has 1 aliphatic carbocycles. The van der Waals surface area contributed by atoms with E-state index in [2.05, 4.69) is 6.92 Å². The van der Waals surface area contributed by atoms with Gasteiger partial charge in [-0.15, -0.1) is 0 Å². The molecule has 1 saturated carbocycles. The lowest BCUT2D eigenvalue weighted by Gasteiger charge is -2.19. The Morgan fingerprint density at radius 1 is 1.03 bits per heavy atom. The molecule has 1 aliphatic rings. The van der Waals surface area contributed by atoms with E-state index < -0.39 is 24.3 Å². The van der Waals surface area contributed by atoms with Gasteiger partial charge in [0.15, 0.2) is 0 Å². The van der Waals surface area contributed by atoms with Gasteiger partial charge in [0.2, 0.25) is 0 Å². The lowest BCUT2D eigenvalue weighted by atomic mass is 9.89. The zero-order valence-electron chi connectivity index (χ0n) is 19.2. The van der Waals surface area contributed by atoms with E-state index in [0.717, 1.165) is 51.6 Å². The minimum Gasteiger partial charge on any atom is -0.481 e. The summed E-state index contributed by atoms with van der Waals surface area (Å²) in [5, 5.41) is 39.0. The van der Waals surface area contributed by atoms with Gasteiger partial charge >= 0.3 is 5.97 Å². The van der Waals surface area contributed by atoms with E-state index in [9.17, 15) is 20.1 Å². The molecule has 0 radical (unpaired) electrons. The number of nitrogens with two attached hydrogens (primary N) is 2. The number of carbonyl (C=O) groups is 1. The van der Waals surface area contributed by atoms with Gasteiger partial charge in [-0.05, 0) is 57.5 Å². The summed E-state index contributed by atoms with van der Waals surface area (Å²) in [7, 11) is 0. The number of hydrogen-bond donors (Lipinski definition) is 6. The van der Waals surface area contributed by atoms with Crippen LogP contribution in [0.2, 0.25) is 0 Å². The molecule has 0 aromatic rings. The number of carboxylic acid groups (broad SMARTS) is 1. The summed E-state index contributed by atoms with van der Waals surface area (Å²) >= 11 is 0. The monoisotopic (exact) mass is 442 g/mol. The Morgan fingerprint density at radius 2 is 1.71 bits per heavy atom. The van der Waals surface area contributed by atoms with Gasteiger partial charge in [-0.1, -0.05) is 50.5 Å². The molecule has 7 heteroatoms. The summed E-state index contributed by atoms with van der Waals surface area (Å²) in [5.41, 5.74) is 10.3. The number of unbranched alkanes of at least 4 members (excludes halogenated alkanes) is 4. The van der Waals surface area contributed by atoms with Crippen LogP contribution in [0.4, 0.5) is 0 Å². The predicted molar refractivity (Wildman–Crippen MR) is 125 cm³/mol. The standard InChI is InChI=1S/C20H34O5.C4H12N2/c1-2-3-6-9-15(21)12-13-17-16(18(22)14-19(17)23)10-7-4-5-8-11-20(24)25;5-3-1-2-4-6/h4,7,12-13,15-19,21-23H,2-3,5-6,8-11,14H2,1H3,(H,24,25);1-6H2/b7-4-,13-12+;/t15-,16+,17+,18-,19+;/m0./s1. The normalized spacial score (nSPS) is 24.5. The van der Waals surface area contributed by atoms with E-state index in [1.54, 1.807) is 6.08 Å². The van der Waals surface area contributed by atoms with E-state index in [-0.39, 0.29) is 18.3 Å². The highest BCUT2D eigenvalue weighted by atomic mass is 16.4. The molecule has 8 N–H and O–H groups in total. The molecule has 0 spiro atoms. The number of aliphatic carboxylic acids is 1. The number of hydrogen-bond acceptors (Lipinski definition) is 6.